The number of anilines is 1. The molecule has 21 heavy (non-hydrogen) atoms. The Morgan fingerprint density at radius 1 is 1.33 bits per heavy atom. The van der Waals surface area contributed by atoms with Crippen molar-refractivity contribution in [1.29, 1.82) is 0 Å². The lowest BCUT2D eigenvalue weighted by Crippen LogP contribution is -2.24. The van der Waals surface area contributed by atoms with Crippen molar-refractivity contribution in [3.63, 3.8) is 0 Å². The van der Waals surface area contributed by atoms with Gasteiger partial charge in [-0.3, -0.25) is 0 Å². The van der Waals surface area contributed by atoms with Crippen molar-refractivity contribution in [3.8, 4) is 0 Å². The average Bonchev–Trinajstić information content (AvgIpc) is 3.15. The van der Waals surface area contributed by atoms with E-state index in [0.717, 1.165) is 39.8 Å². The van der Waals surface area contributed by atoms with Gasteiger partial charge >= 0.3 is 0 Å². The molecule has 3 aromatic heterocycles. The fourth-order valence-corrected chi connectivity index (χ4v) is 3.31. The fourth-order valence-electron chi connectivity index (χ4n) is 2.36. The van der Waals surface area contributed by atoms with Crippen molar-refractivity contribution in [1.82, 2.24) is 19.9 Å². The van der Waals surface area contributed by atoms with Crippen molar-refractivity contribution >= 4 is 33.5 Å². The third-order valence-electron chi connectivity index (χ3n) is 3.33. The number of hydrogen-bond acceptors (Lipinski definition) is 6. The summed E-state index contributed by atoms with van der Waals surface area (Å²) in [5.41, 5.74) is 0.851. The number of oxazole rings is 1. The summed E-state index contributed by atoms with van der Waals surface area (Å²) in [6.45, 7) is 2.75. The molecule has 0 spiro atoms. The van der Waals surface area contributed by atoms with Gasteiger partial charge in [-0.15, -0.1) is 11.8 Å². The fraction of sp³-hybridized carbons (Fsp3) is 0.214. The summed E-state index contributed by atoms with van der Waals surface area (Å²) < 4.78 is 5.61. The van der Waals surface area contributed by atoms with Crippen LogP contribution in [0.1, 0.15) is 11.7 Å². The summed E-state index contributed by atoms with van der Waals surface area (Å²) in [6, 6.07) is 2.00. The number of rotatable bonds is 2. The maximum atomic E-state index is 5.61. The summed E-state index contributed by atoms with van der Waals surface area (Å²) in [7, 11) is 0. The second-order valence-electron chi connectivity index (χ2n) is 4.72. The van der Waals surface area contributed by atoms with E-state index in [4.69, 9.17) is 4.42 Å². The van der Waals surface area contributed by atoms with Crippen LogP contribution in [0.25, 0.3) is 15.9 Å². The molecule has 0 saturated carbocycles. The van der Waals surface area contributed by atoms with Gasteiger partial charge in [-0.1, -0.05) is 0 Å². The minimum atomic E-state index is 0.679. The molecule has 0 bridgehead atoms. The molecule has 4 rings (SSSR count). The summed E-state index contributed by atoms with van der Waals surface area (Å²) >= 11 is 1.77. The van der Waals surface area contributed by atoms with Crippen LogP contribution in [0, 0.1) is 6.92 Å². The van der Waals surface area contributed by atoms with Gasteiger partial charge in [0.25, 0.3) is 0 Å². The van der Waals surface area contributed by atoms with E-state index in [1.807, 2.05) is 19.2 Å². The van der Waals surface area contributed by atoms with Gasteiger partial charge in [0.05, 0.1) is 16.5 Å². The van der Waals surface area contributed by atoms with E-state index in [1.54, 1.807) is 24.3 Å². The maximum Gasteiger partial charge on any atom is 0.191 e. The van der Waals surface area contributed by atoms with Gasteiger partial charge in [-0.25, -0.2) is 15.0 Å². The van der Waals surface area contributed by atoms with Crippen molar-refractivity contribution in [2.45, 2.75) is 6.92 Å². The minimum Gasteiger partial charge on any atom is -0.440 e. The monoisotopic (exact) mass is 299 g/mol. The molecule has 0 atom stereocenters. The van der Waals surface area contributed by atoms with E-state index in [0.29, 0.717) is 5.89 Å². The van der Waals surface area contributed by atoms with Crippen LogP contribution in [-0.2, 0) is 0 Å². The highest BCUT2D eigenvalue weighted by atomic mass is 32.2. The van der Waals surface area contributed by atoms with Crippen LogP contribution in [-0.4, -0.2) is 32.2 Å². The standard InChI is InChI=1S/C14H13N5OS/c1-9-16-6-11(20-9)12-7-19(4-5-21-12)14-10-2-3-15-13(10)17-8-18-14/h2-3,6-8H,4-5H2,1H3,(H,15,17,18). The SMILES string of the molecule is Cc1ncc(C2=CN(c3ncnc4[nH]ccc34)CCS2)o1. The molecule has 0 aliphatic carbocycles. The van der Waals surface area contributed by atoms with E-state index < -0.39 is 0 Å². The van der Waals surface area contributed by atoms with Crippen LogP contribution in [0.15, 0.2) is 35.4 Å². The van der Waals surface area contributed by atoms with Crippen LogP contribution >= 0.6 is 11.8 Å². The van der Waals surface area contributed by atoms with Gasteiger partial charge in [0, 0.05) is 31.6 Å². The Morgan fingerprint density at radius 3 is 3.14 bits per heavy atom. The van der Waals surface area contributed by atoms with Gasteiger partial charge in [0.2, 0.25) is 0 Å². The molecule has 1 aliphatic rings. The van der Waals surface area contributed by atoms with Crippen molar-refractivity contribution in [2.75, 3.05) is 17.2 Å². The lowest BCUT2D eigenvalue weighted by atomic mass is 10.3. The zero-order chi connectivity index (χ0) is 14.2. The van der Waals surface area contributed by atoms with E-state index >= 15 is 0 Å². The summed E-state index contributed by atoms with van der Waals surface area (Å²) in [6.07, 6.45) is 7.31. The molecule has 6 nitrogen and oxygen atoms in total. The van der Waals surface area contributed by atoms with E-state index in [-0.39, 0.29) is 0 Å². The van der Waals surface area contributed by atoms with Crippen molar-refractivity contribution in [2.24, 2.45) is 0 Å². The first-order valence-corrected chi connectivity index (χ1v) is 7.62. The molecule has 1 aliphatic heterocycles. The second kappa shape index (κ2) is 4.92. The Labute approximate surface area is 125 Å². The molecule has 0 aromatic carbocycles. The zero-order valence-corrected chi connectivity index (χ0v) is 12.2. The summed E-state index contributed by atoms with van der Waals surface area (Å²) in [5.74, 6) is 3.37. The number of nitrogens with one attached hydrogen (secondary N) is 1. The third kappa shape index (κ3) is 2.19. The molecule has 3 aromatic rings. The number of fused-ring (bicyclic) bond motifs is 1. The normalized spacial score (nSPS) is 15.5. The first-order valence-electron chi connectivity index (χ1n) is 6.63. The molecule has 7 heteroatoms. The average molecular weight is 299 g/mol. The molecule has 106 valence electrons. The lowest BCUT2D eigenvalue weighted by molar-refractivity contribution is 0.512. The van der Waals surface area contributed by atoms with Crippen molar-refractivity contribution in [3.05, 3.63) is 42.6 Å². The number of hydrogen-bond donors (Lipinski definition) is 1. The molecular formula is C14H13N5OS. The zero-order valence-electron chi connectivity index (χ0n) is 11.4. The molecule has 0 saturated heterocycles. The number of aromatic amines is 1. The van der Waals surface area contributed by atoms with Gasteiger partial charge in [0.15, 0.2) is 11.7 Å². The first-order chi connectivity index (χ1) is 10.3. The Kier molecular flexibility index (Phi) is 2.92. The number of aryl methyl sites for hydroxylation is 1. The molecule has 0 fully saturated rings. The van der Waals surface area contributed by atoms with Gasteiger partial charge in [-0.2, -0.15) is 0 Å². The number of nitrogens with zero attached hydrogens (tertiary/aromatic N) is 4. The highest BCUT2D eigenvalue weighted by Gasteiger charge is 2.19. The molecule has 4 heterocycles. The number of thioether (sulfide) groups is 1. The predicted octanol–water partition coefficient (Wildman–Crippen LogP) is 2.81. The Morgan fingerprint density at radius 2 is 2.29 bits per heavy atom. The molecule has 1 N–H and O–H groups in total. The highest BCUT2D eigenvalue weighted by molar-refractivity contribution is 8.08. The lowest BCUT2D eigenvalue weighted by Gasteiger charge is -2.25. The predicted molar refractivity (Wildman–Crippen MR) is 82.9 cm³/mol. The largest absolute Gasteiger partial charge is 0.440 e. The van der Waals surface area contributed by atoms with Crippen LogP contribution < -0.4 is 4.90 Å². The van der Waals surface area contributed by atoms with Crippen molar-refractivity contribution < 1.29 is 4.42 Å². The van der Waals surface area contributed by atoms with Crippen LogP contribution in [0.5, 0.6) is 0 Å². The van der Waals surface area contributed by atoms with Gasteiger partial charge in [0.1, 0.15) is 17.8 Å². The van der Waals surface area contributed by atoms with Gasteiger partial charge in [-0.05, 0) is 6.07 Å². The van der Waals surface area contributed by atoms with Crippen LogP contribution in [0.2, 0.25) is 0 Å². The highest BCUT2D eigenvalue weighted by Crippen LogP contribution is 2.34. The van der Waals surface area contributed by atoms with Gasteiger partial charge < -0.3 is 14.3 Å². The Bertz CT molecular complexity index is 822. The Hall–Kier alpha value is -2.28. The summed E-state index contributed by atoms with van der Waals surface area (Å²) in [5, 5.41) is 1.02. The maximum absolute atomic E-state index is 5.61. The molecule has 0 radical (unpaired) electrons. The molecule has 0 unspecified atom stereocenters. The number of H-pyrrole nitrogens is 1. The molecular weight excluding hydrogens is 286 g/mol. The van der Waals surface area contributed by atoms with Crippen LogP contribution in [0.4, 0.5) is 5.82 Å². The Balaban J connectivity index is 1.76. The van der Waals surface area contributed by atoms with E-state index in [2.05, 4.69) is 31.0 Å². The first kappa shape index (κ1) is 12.5. The molecule has 0 amide bonds. The quantitative estimate of drug-likeness (QED) is 0.784. The topological polar surface area (TPSA) is 70.8 Å². The number of aromatic nitrogens is 4. The smallest absolute Gasteiger partial charge is 0.191 e. The van der Waals surface area contributed by atoms with Crippen LogP contribution in [0.3, 0.4) is 0 Å². The summed E-state index contributed by atoms with van der Waals surface area (Å²) in [4.78, 5) is 19.1. The van der Waals surface area contributed by atoms with E-state index in [9.17, 15) is 0 Å². The third-order valence-corrected chi connectivity index (χ3v) is 4.34. The minimum absolute atomic E-state index is 0.679. The van der Waals surface area contributed by atoms with E-state index in [1.165, 1.54) is 0 Å². The second-order valence-corrected chi connectivity index (χ2v) is 5.85.